The second kappa shape index (κ2) is 5.97. The smallest absolute Gasteiger partial charge is 0.172 e. The summed E-state index contributed by atoms with van der Waals surface area (Å²) in [5.74, 6) is 0. The molecule has 1 nitrogen and oxygen atoms in total. The van der Waals surface area contributed by atoms with Crippen LogP contribution in [0.3, 0.4) is 0 Å². The standard InChI is InChI=1S/C8H22OSi2/c1-5-6-7-8-11(3,4)9-10-2/h5-8,10H2,1-4H3. The Balaban J connectivity index is 3.38. The van der Waals surface area contributed by atoms with Gasteiger partial charge < -0.3 is 4.12 Å². The van der Waals surface area contributed by atoms with Crippen LogP contribution in [0.2, 0.25) is 25.7 Å². The van der Waals surface area contributed by atoms with Gasteiger partial charge in [-0.2, -0.15) is 0 Å². The zero-order chi connectivity index (χ0) is 8.74. The van der Waals surface area contributed by atoms with E-state index in [1.54, 1.807) is 0 Å². The summed E-state index contributed by atoms with van der Waals surface area (Å²) in [5, 5.41) is 0. The van der Waals surface area contributed by atoms with Gasteiger partial charge >= 0.3 is 0 Å². The highest BCUT2D eigenvalue weighted by atomic mass is 28.4. The third kappa shape index (κ3) is 6.78. The molecule has 0 N–H and O–H groups in total. The fourth-order valence-corrected chi connectivity index (χ4v) is 6.07. The van der Waals surface area contributed by atoms with Gasteiger partial charge in [0.05, 0.1) is 0 Å². The fraction of sp³-hybridized carbons (Fsp3) is 1.00. The maximum Gasteiger partial charge on any atom is 0.172 e. The first-order chi connectivity index (χ1) is 5.12. The van der Waals surface area contributed by atoms with Gasteiger partial charge in [-0.05, 0) is 19.1 Å². The van der Waals surface area contributed by atoms with Crippen molar-refractivity contribution in [2.24, 2.45) is 0 Å². The molecule has 0 atom stereocenters. The first-order valence-corrected chi connectivity index (χ1v) is 9.87. The Kier molecular flexibility index (Phi) is 6.18. The summed E-state index contributed by atoms with van der Waals surface area (Å²) in [6, 6.07) is 1.36. The molecule has 0 aromatic heterocycles. The lowest BCUT2D eigenvalue weighted by Crippen LogP contribution is -2.30. The third-order valence-electron chi connectivity index (χ3n) is 1.92. The molecule has 0 aromatic carbocycles. The fourth-order valence-electron chi connectivity index (χ4n) is 1.26. The molecule has 0 saturated carbocycles. The molecule has 0 aliphatic rings. The van der Waals surface area contributed by atoms with E-state index in [0.717, 1.165) is 0 Å². The molecule has 3 heteroatoms. The first kappa shape index (κ1) is 11.4. The zero-order valence-corrected chi connectivity index (χ0v) is 10.9. The highest BCUT2D eigenvalue weighted by molar-refractivity contribution is 6.74. The molecular weight excluding hydrogens is 168 g/mol. The van der Waals surface area contributed by atoms with E-state index in [9.17, 15) is 0 Å². The highest BCUT2D eigenvalue weighted by Crippen LogP contribution is 2.14. The molecule has 0 spiro atoms. The van der Waals surface area contributed by atoms with Gasteiger partial charge in [-0.3, -0.25) is 0 Å². The molecule has 0 heterocycles. The summed E-state index contributed by atoms with van der Waals surface area (Å²) in [7, 11) is -1.34. The molecular formula is C8H22OSi2. The van der Waals surface area contributed by atoms with Crippen LogP contribution in [0.5, 0.6) is 0 Å². The third-order valence-corrected chi connectivity index (χ3v) is 7.76. The van der Waals surface area contributed by atoms with Crippen LogP contribution in [0.15, 0.2) is 0 Å². The van der Waals surface area contributed by atoms with Gasteiger partial charge in [-0.25, -0.2) is 0 Å². The van der Waals surface area contributed by atoms with Crippen LogP contribution in [0.1, 0.15) is 26.2 Å². The maximum absolute atomic E-state index is 5.85. The number of hydrogen-bond acceptors (Lipinski definition) is 1. The lowest BCUT2D eigenvalue weighted by Gasteiger charge is -2.22. The minimum atomic E-state index is -1.18. The molecule has 0 rings (SSSR count). The van der Waals surface area contributed by atoms with Gasteiger partial charge in [0.15, 0.2) is 8.32 Å². The molecule has 0 bridgehead atoms. The number of rotatable bonds is 6. The van der Waals surface area contributed by atoms with E-state index >= 15 is 0 Å². The van der Waals surface area contributed by atoms with E-state index in [2.05, 4.69) is 26.6 Å². The molecule has 0 amide bonds. The number of unbranched alkanes of at least 4 members (excludes halogenated alkanes) is 2. The van der Waals surface area contributed by atoms with E-state index < -0.39 is 8.32 Å². The second-order valence-corrected chi connectivity index (χ2v) is 9.40. The Hall–Kier alpha value is 0.394. The average molecular weight is 190 g/mol. The molecule has 0 unspecified atom stereocenters. The lowest BCUT2D eigenvalue weighted by atomic mass is 10.3. The van der Waals surface area contributed by atoms with Gasteiger partial charge in [0, 0.05) is 0 Å². The summed E-state index contributed by atoms with van der Waals surface area (Å²) in [6.07, 6.45) is 4.09. The van der Waals surface area contributed by atoms with E-state index in [0.29, 0.717) is 0 Å². The van der Waals surface area contributed by atoms with Crippen LogP contribution in [-0.4, -0.2) is 18.1 Å². The molecule has 0 aromatic rings. The summed E-state index contributed by atoms with van der Waals surface area (Å²) in [4.78, 5) is 0. The summed E-state index contributed by atoms with van der Waals surface area (Å²) < 4.78 is 5.85. The van der Waals surface area contributed by atoms with Crippen LogP contribution < -0.4 is 0 Å². The van der Waals surface area contributed by atoms with Gasteiger partial charge in [0.1, 0.15) is 9.76 Å². The van der Waals surface area contributed by atoms with E-state index in [1.807, 2.05) is 0 Å². The Morgan fingerprint density at radius 1 is 1.27 bits per heavy atom. The summed E-state index contributed by atoms with van der Waals surface area (Å²) in [5.41, 5.74) is 0. The van der Waals surface area contributed by atoms with Crippen molar-refractivity contribution >= 4 is 18.1 Å². The van der Waals surface area contributed by atoms with Gasteiger partial charge in [0.25, 0.3) is 0 Å². The molecule has 0 saturated heterocycles. The normalized spacial score (nSPS) is 13.1. The molecule has 0 aliphatic carbocycles. The van der Waals surface area contributed by atoms with Crippen molar-refractivity contribution in [3.05, 3.63) is 0 Å². The quantitative estimate of drug-likeness (QED) is 0.462. The zero-order valence-electron chi connectivity index (χ0n) is 8.44. The second-order valence-electron chi connectivity index (χ2n) is 3.65. The topological polar surface area (TPSA) is 9.23 Å². The minimum absolute atomic E-state index is 0.163. The van der Waals surface area contributed by atoms with E-state index in [4.69, 9.17) is 4.12 Å². The van der Waals surface area contributed by atoms with Crippen LogP contribution in [0.4, 0.5) is 0 Å². The van der Waals surface area contributed by atoms with Gasteiger partial charge in [0.2, 0.25) is 0 Å². The van der Waals surface area contributed by atoms with Crippen molar-refractivity contribution in [1.29, 1.82) is 0 Å². The Bertz CT molecular complexity index is 94.1. The lowest BCUT2D eigenvalue weighted by molar-refractivity contribution is 0.579. The van der Waals surface area contributed by atoms with Gasteiger partial charge in [-0.15, -0.1) is 0 Å². The van der Waals surface area contributed by atoms with Crippen molar-refractivity contribution < 1.29 is 4.12 Å². The monoisotopic (exact) mass is 190 g/mol. The van der Waals surface area contributed by atoms with Crippen LogP contribution in [-0.2, 0) is 4.12 Å². The Morgan fingerprint density at radius 3 is 2.36 bits per heavy atom. The number of hydrogen-bond donors (Lipinski definition) is 0. The summed E-state index contributed by atoms with van der Waals surface area (Å²) in [6.45, 7) is 9.18. The molecule has 0 fully saturated rings. The molecule has 11 heavy (non-hydrogen) atoms. The SMILES string of the molecule is CCCCC[Si](C)(C)O[SiH2]C. The van der Waals surface area contributed by atoms with Crippen LogP contribution in [0.25, 0.3) is 0 Å². The van der Waals surface area contributed by atoms with Crippen LogP contribution >= 0.6 is 0 Å². The van der Waals surface area contributed by atoms with Gasteiger partial charge in [-0.1, -0.05) is 32.7 Å². The summed E-state index contributed by atoms with van der Waals surface area (Å²) >= 11 is 0. The van der Waals surface area contributed by atoms with Crippen molar-refractivity contribution in [3.63, 3.8) is 0 Å². The van der Waals surface area contributed by atoms with Crippen molar-refractivity contribution in [3.8, 4) is 0 Å². The first-order valence-electron chi connectivity index (χ1n) is 4.76. The minimum Gasteiger partial charge on any atom is -0.461 e. The molecule has 0 radical (unpaired) electrons. The maximum atomic E-state index is 5.85. The Labute approximate surface area is 74.6 Å². The molecule has 0 aliphatic heterocycles. The Morgan fingerprint density at radius 2 is 1.91 bits per heavy atom. The van der Waals surface area contributed by atoms with E-state index in [1.165, 1.54) is 25.3 Å². The largest absolute Gasteiger partial charge is 0.461 e. The average Bonchev–Trinajstić information content (AvgIpc) is 1.87. The highest BCUT2D eigenvalue weighted by Gasteiger charge is 2.19. The van der Waals surface area contributed by atoms with Crippen molar-refractivity contribution in [2.75, 3.05) is 0 Å². The molecule has 68 valence electrons. The van der Waals surface area contributed by atoms with E-state index in [-0.39, 0.29) is 9.76 Å². The predicted molar refractivity (Wildman–Crippen MR) is 57.3 cm³/mol. The van der Waals surface area contributed by atoms with Crippen LogP contribution in [0, 0.1) is 0 Å². The van der Waals surface area contributed by atoms with Crippen molar-refractivity contribution in [1.82, 2.24) is 0 Å². The predicted octanol–water partition coefficient (Wildman–Crippen LogP) is 2.53. The van der Waals surface area contributed by atoms with Crippen molar-refractivity contribution in [2.45, 2.75) is 51.9 Å².